The summed E-state index contributed by atoms with van der Waals surface area (Å²) in [5, 5.41) is 3.58. The Morgan fingerprint density at radius 3 is 2.53 bits per heavy atom. The molecule has 1 aromatic rings. The van der Waals surface area contributed by atoms with E-state index in [0.717, 1.165) is 24.2 Å². The smallest absolute Gasteiger partial charge is 0.134 e. The molecule has 0 aliphatic rings. The maximum Gasteiger partial charge on any atom is 0.134 e. The maximum absolute atomic E-state index is 5.97. The van der Waals surface area contributed by atoms with Gasteiger partial charge in [-0.3, -0.25) is 0 Å². The van der Waals surface area contributed by atoms with Crippen molar-refractivity contribution < 1.29 is 0 Å². The Morgan fingerprint density at radius 2 is 1.89 bits per heavy atom. The average Bonchev–Trinajstić information content (AvgIpc) is 2.40. The van der Waals surface area contributed by atoms with Crippen LogP contribution in [0.5, 0.6) is 0 Å². The first-order valence-electron chi connectivity index (χ1n) is 7.58. The van der Waals surface area contributed by atoms with Gasteiger partial charge in [0.1, 0.15) is 18.0 Å². The third-order valence-electron chi connectivity index (χ3n) is 3.36. The minimum atomic E-state index is 0.495. The van der Waals surface area contributed by atoms with Gasteiger partial charge in [-0.25, -0.2) is 9.97 Å². The van der Waals surface area contributed by atoms with Crippen LogP contribution >= 0.6 is 0 Å². The largest absolute Gasteiger partial charge is 0.383 e. The van der Waals surface area contributed by atoms with E-state index in [1.807, 2.05) is 0 Å². The summed E-state index contributed by atoms with van der Waals surface area (Å²) in [5.41, 5.74) is 7.04. The molecule has 1 unspecified atom stereocenters. The Morgan fingerprint density at radius 1 is 1.11 bits per heavy atom. The molecule has 0 aliphatic heterocycles. The summed E-state index contributed by atoms with van der Waals surface area (Å²) in [7, 11) is 0. The second-order valence-corrected chi connectivity index (χ2v) is 5.11. The van der Waals surface area contributed by atoms with Crippen LogP contribution in [0, 0.1) is 0 Å². The molecular formula is C15H28N4. The van der Waals surface area contributed by atoms with Crippen LogP contribution in [0.25, 0.3) is 0 Å². The zero-order valence-electron chi connectivity index (χ0n) is 12.6. The van der Waals surface area contributed by atoms with Crippen LogP contribution < -0.4 is 11.1 Å². The minimum Gasteiger partial charge on any atom is -0.383 e. The fraction of sp³-hybridized carbons (Fsp3) is 0.733. The molecule has 0 aromatic carbocycles. The predicted molar refractivity (Wildman–Crippen MR) is 82.3 cm³/mol. The van der Waals surface area contributed by atoms with E-state index in [2.05, 4.69) is 36.1 Å². The molecule has 19 heavy (non-hydrogen) atoms. The highest BCUT2D eigenvalue weighted by atomic mass is 15.1. The average molecular weight is 264 g/mol. The number of aromatic nitrogens is 2. The van der Waals surface area contributed by atoms with E-state index < -0.39 is 0 Å². The van der Waals surface area contributed by atoms with Crippen molar-refractivity contribution in [1.29, 1.82) is 0 Å². The van der Waals surface area contributed by atoms with Crippen LogP contribution in [0.1, 0.15) is 64.9 Å². The Labute approximate surface area is 117 Å². The van der Waals surface area contributed by atoms with E-state index in [1.165, 1.54) is 32.1 Å². The molecule has 0 saturated heterocycles. The number of hydrogen-bond acceptors (Lipinski definition) is 4. The highest BCUT2D eigenvalue weighted by Gasteiger charge is 2.13. The molecule has 0 amide bonds. The van der Waals surface area contributed by atoms with Crippen molar-refractivity contribution in [1.82, 2.24) is 9.97 Å². The monoisotopic (exact) mass is 264 g/mol. The topological polar surface area (TPSA) is 63.8 Å². The number of hydrogen-bond donors (Lipinski definition) is 2. The van der Waals surface area contributed by atoms with Crippen molar-refractivity contribution in [3.05, 3.63) is 11.9 Å². The van der Waals surface area contributed by atoms with Crippen LogP contribution in [-0.2, 0) is 6.42 Å². The standard InChI is InChI=1S/C15H28N4/c1-4-7-10-12(8-5-2)19-15-13(9-6-3)14(16)17-11-18-15/h11-12H,4-10H2,1-3H3,(H3,16,17,18,19). The molecule has 1 rings (SSSR count). The lowest BCUT2D eigenvalue weighted by atomic mass is 10.0. The summed E-state index contributed by atoms with van der Waals surface area (Å²) in [6.07, 6.45) is 9.58. The SMILES string of the molecule is CCCCC(CCC)Nc1ncnc(N)c1CCC. The van der Waals surface area contributed by atoms with Crippen molar-refractivity contribution in [2.24, 2.45) is 0 Å². The normalized spacial score (nSPS) is 12.4. The second kappa shape index (κ2) is 8.73. The molecule has 0 radical (unpaired) electrons. The van der Waals surface area contributed by atoms with Crippen LogP contribution in [-0.4, -0.2) is 16.0 Å². The van der Waals surface area contributed by atoms with E-state index in [9.17, 15) is 0 Å². The van der Waals surface area contributed by atoms with Crippen molar-refractivity contribution >= 4 is 11.6 Å². The Kier molecular flexibility index (Phi) is 7.23. The molecule has 0 aliphatic carbocycles. The second-order valence-electron chi connectivity index (χ2n) is 5.11. The molecule has 4 heteroatoms. The molecular weight excluding hydrogens is 236 g/mol. The fourth-order valence-electron chi connectivity index (χ4n) is 2.33. The zero-order valence-corrected chi connectivity index (χ0v) is 12.6. The summed E-state index contributed by atoms with van der Waals surface area (Å²) in [4.78, 5) is 8.49. The highest BCUT2D eigenvalue weighted by molar-refractivity contribution is 5.55. The van der Waals surface area contributed by atoms with Crippen molar-refractivity contribution in [2.75, 3.05) is 11.1 Å². The number of nitrogens with zero attached hydrogens (tertiary/aromatic N) is 2. The van der Waals surface area contributed by atoms with Gasteiger partial charge in [-0.1, -0.05) is 46.5 Å². The van der Waals surface area contributed by atoms with Gasteiger partial charge in [0.15, 0.2) is 0 Å². The van der Waals surface area contributed by atoms with Crippen LogP contribution in [0.15, 0.2) is 6.33 Å². The fourth-order valence-corrected chi connectivity index (χ4v) is 2.33. The molecule has 4 nitrogen and oxygen atoms in total. The number of nitrogens with two attached hydrogens (primary N) is 1. The summed E-state index contributed by atoms with van der Waals surface area (Å²) in [5.74, 6) is 1.55. The third-order valence-corrected chi connectivity index (χ3v) is 3.36. The summed E-state index contributed by atoms with van der Waals surface area (Å²) in [6, 6.07) is 0.495. The first kappa shape index (κ1) is 15.7. The molecule has 1 heterocycles. The van der Waals surface area contributed by atoms with Crippen LogP contribution in [0.4, 0.5) is 11.6 Å². The van der Waals surface area contributed by atoms with Crippen molar-refractivity contribution in [2.45, 2.75) is 71.8 Å². The molecule has 108 valence electrons. The van der Waals surface area contributed by atoms with Gasteiger partial charge in [0.05, 0.1) is 0 Å². The summed E-state index contributed by atoms with van der Waals surface area (Å²) >= 11 is 0. The van der Waals surface area contributed by atoms with Gasteiger partial charge >= 0.3 is 0 Å². The Hall–Kier alpha value is -1.32. The van der Waals surface area contributed by atoms with E-state index in [0.29, 0.717) is 11.9 Å². The number of nitrogens with one attached hydrogen (secondary N) is 1. The van der Waals surface area contributed by atoms with Gasteiger partial charge in [-0.15, -0.1) is 0 Å². The van der Waals surface area contributed by atoms with Gasteiger partial charge in [0.2, 0.25) is 0 Å². The highest BCUT2D eigenvalue weighted by Crippen LogP contribution is 2.22. The quantitative estimate of drug-likeness (QED) is 0.712. The maximum atomic E-state index is 5.97. The zero-order chi connectivity index (χ0) is 14.1. The van der Waals surface area contributed by atoms with Crippen LogP contribution in [0.3, 0.4) is 0 Å². The van der Waals surface area contributed by atoms with Gasteiger partial charge in [0, 0.05) is 11.6 Å². The van der Waals surface area contributed by atoms with Gasteiger partial charge < -0.3 is 11.1 Å². The molecule has 0 fully saturated rings. The number of rotatable bonds is 9. The predicted octanol–water partition coefficient (Wildman–Crippen LogP) is 3.78. The molecule has 0 bridgehead atoms. The summed E-state index contributed by atoms with van der Waals surface area (Å²) in [6.45, 7) is 6.60. The molecule has 3 N–H and O–H groups in total. The molecule has 1 aromatic heterocycles. The molecule has 1 atom stereocenters. The van der Waals surface area contributed by atoms with E-state index in [-0.39, 0.29) is 0 Å². The van der Waals surface area contributed by atoms with Crippen molar-refractivity contribution in [3.63, 3.8) is 0 Å². The van der Waals surface area contributed by atoms with Gasteiger partial charge in [0.25, 0.3) is 0 Å². The van der Waals surface area contributed by atoms with Gasteiger partial charge in [-0.05, 0) is 19.3 Å². The number of nitrogen functional groups attached to an aromatic ring is 1. The number of anilines is 2. The number of unbranched alkanes of at least 4 members (excludes halogenated alkanes) is 1. The van der Waals surface area contributed by atoms with Gasteiger partial charge in [-0.2, -0.15) is 0 Å². The van der Waals surface area contributed by atoms with E-state index in [4.69, 9.17) is 5.73 Å². The lowest BCUT2D eigenvalue weighted by molar-refractivity contribution is 0.562. The van der Waals surface area contributed by atoms with Crippen molar-refractivity contribution in [3.8, 4) is 0 Å². The Balaban J connectivity index is 2.79. The molecule has 0 spiro atoms. The Bertz CT molecular complexity index is 365. The lowest BCUT2D eigenvalue weighted by Gasteiger charge is -2.20. The lowest BCUT2D eigenvalue weighted by Crippen LogP contribution is -2.21. The first-order valence-corrected chi connectivity index (χ1v) is 7.58. The summed E-state index contributed by atoms with van der Waals surface area (Å²) < 4.78 is 0. The molecule has 0 saturated carbocycles. The first-order chi connectivity index (χ1) is 9.22. The van der Waals surface area contributed by atoms with E-state index in [1.54, 1.807) is 6.33 Å². The van der Waals surface area contributed by atoms with E-state index >= 15 is 0 Å². The minimum absolute atomic E-state index is 0.495. The third kappa shape index (κ3) is 5.05. The van der Waals surface area contributed by atoms with Crippen LogP contribution in [0.2, 0.25) is 0 Å².